The molecule has 3 rings (SSSR count). The lowest BCUT2D eigenvalue weighted by atomic mass is 9.99. The van der Waals surface area contributed by atoms with Gasteiger partial charge in [0, 0.05) is 5.33 Å². The minimum absolute atomic E-state index is 0.339. The van der Waals surface area contributed by atoms with E-state index in [0.29, 0.717) is 24.1 Å². The number of esters is 1. The van der Waals surface area contributed by atoms with E-state index in [1.165, 1.54) is 7.11 Å². The smallest absolute Gasteiger partial charge is 0.338 e. The molecule has 1 aliphatic heterocycles. The average Bonchev–Trinajstić information content (AvgIpc) is 2.60. The molecule has 0 amide bonds. The fourth-order valence-electron chi connectivity index (χ4n) is 2.40. The van der Waals surface area contributed by atoms with Gasteiger partial charge < -0.3 is 14.2 Å². The lowest BCUT2D eigenvalue weighted by Gasteiger charge is -2.19. The third-order valence-corrected chi connectivity index (χ3v) is 4.14. The lowest BCUT2D eigenvalue weighted by molar-refractivity contribution is 0.0600. The maximum absolute atomic E-state index is 11.9. The molecule has 0 bridgehead atoms. The largest absolute Gasteiger partial charge is 0.486 e. The van der Waals surface area contributed by atoms with Crippen molar-refractivity contribution < 1.29 is 19.0 Å². The number of hydrogen-bond donors (Lipinski definition) is 0. The Morgan fingerprint density at radius 1 is 1.09 bits per heavy atom. The van der Waals surface area contributed by atoms with Crippen LogP contribution in [0.4, 0.5) is 0 Å². The molecule has 2 aromatic rings. The molecule has 1 aliphatic rings. The van der Waals surface area contributed by atoms with E-state index in [1.807, 2.05) is 36.4 Å². The standard InChI is InChI=1S/C17H15BrO4/c1-20-17(19)14-8-11(2-3-13(14)10-18)12-4-5-15-16(9-12)22-7-6-21-15/h2-5,8-9H,6-7,10H2,1H3. The quantitative estimate of drug-likeness (QED) is 0.615. The van der Waals surface area contributed by atoms with Crippen LogP contribution in [0.2, 0.25) is 0 Å². The van der Waals surface area contributed by atoms with Crippen LogP contribution in [-0.2, 0) is 10.1 Å². The molecule has 0 fully saturated rings. The second-order valence-corrected chi connectivity index (χ2v) is 5.42. The Hall–Kier alpha value is -2.01. The molecular formula is C17H15BrO4. The van der Waals surface area contributed by atoms with Crippen LogP contribution in [0.1, 0.15) is 15.9 Å². The Morgan fingerprint density at radius 3 is 2.50 bits per heavy atom. The van der Waals surface area contributed by atoms with Gasteiger partial charge in [0.2, 0.25) is 0 Å². The van der Waals surface area contributed by atoms with Crippen LogP contribution in [0.3, 0.4) is 0 Å². The monoisotopic (exact) mass is 362 g/mol. The molecule has 0 N–H and O–H groups in total. The highest BCUT2D eigenvalue weighted by Crippen LogP contribution is 2.35. The predicted octanol–water partition coefficient (Wildman–Crippen LogP) is 3.81. The van der Waals surface area contributed by atoms with E-state index in [2.05, 4.69) is 15.9 Å². The van der Waals surface area contributed by atoms with Crippen LogP contribution in [0.25, 0.3) is 11.1 Å². The number of fused-ring (bicyclic) bond motifs is 1. The number of alkyl halides is 1. The van der Waals surface area contributed by atoms with Crippen LogP contribution in [-0.4, -0.2) is 26.3 Å². The summed E-state index contributed by atoms with van der Waals surface area (Å²) in [5, 5.41) is 0.596. The molecule has 0 atom stereocenters. The van der Waals surface area contributed by atoms with Gasteiger partial charge in [-0.15, -0.1) is 0 Å². The van der Waals surface area contributed by atoms with Gasteiger partial charge in [-0.1, -0.05) is 34.1 Å². The van der Waals surface area contributed by atoms with Gasteiger partial charge in [0.1, 0.15) is 13.2 Å². The zero-order chi connectivity index (χ0) is 15.5. The first-order chi connectivity index (χ1) is 10.7. The van der Waals surface area contributed by atoms with Crippen LogP contribution >= 0.6 is 15.9 Å². The van der Waals surface area contributed by atoms with Crippen molar-refractivity contribution in [3.8, 4) is 22.6 Å². The first-order valence-corrected chi connectivity index (χ1v) is 8.02. The van der Waals surface area contributed by atoms with E-state index in [0.717, 1.165) is 28.2 Å². The van der Waals surface area contributed by atoms with E-state index in [4.69, 9.17) is 14.2 Å². The van der Waals surface area contributed by atoms with Gasteiger partial charge in [0.25, 0.3) is 0 Å². The molecule has 5 heteroatoms. The lowest BCUT2D eigenvalue weighted by Crippen LogP contribution is -2.15. The van der Waals surface area contributed by atoms with Crippen molar-refractivity contribution in [3.05, 3.63) is 47.5 Å². The number of carbonyl (C=O) groups is 1. The van der Waals surface area contributed by atoms with Gasteiger partial charge in [-0.05, 0) is 34.9 Å². The molecule has 4 nitrogen and oxygen atoms in total. The molecule has 0 saturated carbocycles. The van der Waals surface area contributed by atoms with Crippen molar-refractivity contribution in [2.75, 3.05) is 20.3 Å². The Morgan fingerprint density at radius 2 is 1.77 bits per heavy atom. The molecule has 0 spiro atoms. The summed E-state index contributed by atoms with van der Waals surface area (Å²) >= 11 is 3.39. The first-order valence-electron chi connectivity index (χ1n) is 6.90. The number of rotatable bonds is 3. The fraction of sp³-hybridized carbons (Fsp3) is 0.235. The van der Waals surface area contributed by atoms with Crippen LogP contribution in [0.5, 0.6) is 11.5 Å². The van der Waals surface area contributed by atoms with Gasteiger partial charge in [0.05, 0.1) is 12.7 Å². The van der Waals surface area contributed by atoms with Crippen molar-refractivity contribution >= 4 is 21.9 Å². The summed E-state index contributed by atoms with van der Waals surface area (Å²) < 4.78 is 16.0. The van der Waals surface area contributed by atoms with Crippen molar-refractivity contribution in [1.82, 2.24) is 0 Å². The van der Waals surface area contributed by atoms with Crippen molar-refractivity contribution in [3.63, 3.8) is 0 Å². The fourth-order valence-corrected chi connectivity index (χ4v) is 2.88. The highest BCUT2D eigenvalue weighted by Gasteiger charge is 2.15. The predicted molar refractivity (Wildman–Crippen MR) is 86.8 cm³/mol. The summed E-state index contributed by atoms with van der Waals surface area (Å²) in [4.78, 5) is 11.9. The average molecular weight is 363 g/mol. The summed E-state index contributed by atoms with van der Waals surface area (Å²) in [6.07, 6.45) is 0. The van der Waals surface area contributed by atoms with E-state index in [9.17, 15) is 4.79 Å². The third kappa shape index (κ3) is 2.81. The molecular weight excluding hydrogens is 348 g/mol. The zero-order valence-corrected chi connectivity index (χ0v) is 13.7. The summed E-state index contributed by atoms with van der Waals surface area (Å²) in [6.45, 7) is 1.12. The number of methoxy groups -OCH3 is 1. The number of benzene rings is 2. The third-order valence-electron chi connectivity index (χ3n) is 3.53. The normalized spacial score (nSPS) is 12.8. The zero-order valence-electron chi connectivity index (χ0n) is 12.1. The number of ether oxygens (including phenoxy) is 3. The summed E-state index contributed by atoms with van der Waals surface area (Å²) in [7, 11) is 1.39. The SMILES string of the molecule is COC(=O)c1cc(-c2ccc3c(c2)OCCO3)ccc1CBr. The highest BCUT2D eigenvalue weighted by molar-refractivity contribution is 9.08. The van der Waals surface area contributed by atoms with Crippen LogP contribution in [0, 0.1) is 0 Å². The first kappa shape index (κ1) is 14.9. The van der Waals surface area contributed by atoms with Crippen LogP contribution < -0.4 is 9.47 Å². The minimum Gasteiger partial charge on any atom is -0.486 e. The van der Waals surface area contributed by atoms with Crippen molar-refractivity contribution in [2.45, 2.75) is 5.33 Å². The summed E-state index contributed by atoms with van der Waals surface area (Å²) in [6, 6.07) is 11.5. The van der Waals surface area contributed by atoms with E-state index >= 15 is 0 Å². The number of carbonyl (C=O) groups excluding carboxylic acids is 1. The van der Waals surface area contributed by atoms with Gasteiger partial charge in [-0.3, -0.25) is 0 Å². The second-order valence-electron chi connectivity index (χ2n) is 4.86. The molecule has 0 aromatic heterocycles. The Labute approximate surface area is 137 Å². The molecule has 1 heterocycles. The van der Waals surface area contributed by atoms with Crippen molar-refractivity contribution in [2.24, 2.45) is 0 Å². The Balaban J connectivity index is 2.03. The van der Waals surface area contributed by atoms with Gasteiger partial charge in [-0.2, -0.15) is 0 Å². The number of hydrogen-bond acceptors (Lipinski definition) is 4. The molecule has 0 unspecified atom stereocenters. The molecule has 2 aromatic carbocycles. The maximum atomic E-state index is 11.9. The maximum Gasteiger partial charge on any atom is 0.338 e. The van der Waals surface area contributed by atoms with Crippen LogP contribution in [0.15, 0.2) is 36.4 Å². The molecule has 22 heavy (non-hydrogen) atoms. The van der Waals surface area contributed by atoms with Crippen molar-refractivity contribution in [1.29, 1.82) is 0 Å². The highest BCUT2D eigenvalue weighted by atomic mass is 79.9. The molecule has 0 radical (unpaired) electrons. The summed E-state index contributed by atoms with van der Waals surface area (Å²) in [5.74, 6) is 1.14. The number of halogens is 1. The topological polar surface area (TPSA) is 44.8 Å². The molecule has 0 saturated heterocycles. The van der Waals surface area contributed by atoms with E-state index < -0.39 is 0 Å². The molecule has 0 aliphatic carbocycles. The minimum atomic E-state index is -0.339. The van der Waals surface area contributed by atoms with Gasteiger partial charge in [-0.25, -0.2) is 4.79 Å². The van der Waals surface area contributed by atoms with E-state index in [1.54, 1.807) is 0 Å². The Kier molecular flexibility index (Phi) is 4.34. The molecule has 114 valence electrons. The summed E-state index contributed by atoms with van der Waals surface area (Å²) in [5.41, 5.74) is 3.36. The van der Waals surface area contributed by atoms with E-state index in [-0.39, 0.29) is 5.97 Å². The second kappa shape index (κ2) is 6.40. The van der Waals surface area contributed by atoms with Gasteiger partial charge >= 0.3 is 5.97 Å². The van der Waals surface area contributed by atoms with Gasteiger partial charge in [0.15, 0.2) is 11.5 Å². The Bertz CT molecular complexity index is 712.